The van der Waals surface area contributed by atoms with Crippen molar-refractivity contribution in [2.45, 2.75) is 39.8 Å². The monoisotopic (exact) mass is 531 g/mol. The smallest absolute Gasteiger partial charge is 0.495 e. The number of benzene rings is 1. The maximum atomic E-state index is 12.2. The van der Waals surface area contributed by atoms with Gasteiger partial charge in [-0.3, -0.25) is 0 Å². The van der Waals surface area contributed by atoms with E-state index in [0.717, 1.165) is 0 Å². The van der Waals surface area contributed by atoms with Gasteiger partial charge in [0.25, 0.3) is 0 Å². The number of hydrogen-bond donors (Lipinski definition) is 1. The Morgan fingerprint density at radius 1 is 1.09 bits per heavy atom. The largest absolute Gasteiger partial charge is 0.500 e. The highest BCUT2D eigenvalue weighted by atomic mass is 79.9. The Bertz CT molecular complexity index is 934. The van der Waals surface area contributed by atoms with Crippen LogP contribution >= 0.6 is 15.9 Å². The number of carbonyl (C=O) groups is 1. The van der Waals surface area contributed by atoms with E-state index in [9.17, 15) is 9.59 Å². The van der Waals surface area contributed by atoms with Crippen molar-refractivity contribution in [2.24, 2.45) is 0 Å². The average Bonchev–Trinajstić information content (AvgIpc) is 2.75. The molecular weight excluding hydrogens is 502 g/mol. The van der Waals surface area contributed by atoms with Crippen LogP contribution in [0.3, 0.4) is 0 Å². The quantitative estimate of drug-likeness (QED) is 0.232. The molecule has 0 atom stereocenters. The van der Waals surface area contributed by atoms with Gasteiger partial charge in [-0.05, 0) is 49.2 Å². The van der Waals surface area contributed by atoms with Gasteiger partial charge in [0.2, 0.25) is 0 Å². The van der Waals surface area contributed by atoms with E-state index in [0.29, 0.717) is 65.6 Å². The van der Waals surface area contributed by atoms with Gasteiger partial charge in [0.15, 0.2) is 0 Å². The van der Waals surface area contributed by atoms with Crippen LogP contribution in [0.1, 0.15) is 32.8 Å². The number of halogens is 1. The highest BCUT2D eigenvalue weighted by Gasteiger charge is 2.39. The molecule has 1 amide bonds. The van der Waals surface area contributed by atoms with Crippen LogP contribution in [0.2, 0.25) is 6.04 Å². The van der Waals surface area contributed by atoms with Gasteiger partial charge < -0.3 is 32.5 Å². The summed E-state index contributed by atoms with van der Waals surface area (Å²) in [6.07, 6.45) is 0.0295. The number of nitrogens with one attached hydrogen (secondary N) is 1. The topological polar surface area (TPSA) is 105 Å². The summed E-state index contributed by atoms with van der Waals surface area (Å²) in [5.74, 6) is 0.530. The molecule has 0 spiro atoms. The molecular formula is C21H30BrNO8Si. The number of ether oxygens (including phenoxy) is 2. The number of fused-ring (bicyclic) bond motifs is 1. The fourth-order valence-electron chi connectivity index (χ4n) is 3.19. The van der Waals surface area contributed by atoms with Crippen molar-refractivity contribution in [3.05, 3.63) is 38.7 Å². The highest BCUT2D eigenvalue weighted by molar-refractivity contribution is 9.10. The van der Waals surface area contributed by atoms with Crippen molar-refractivity contribution in [2.75, 3.05) is 33.5 Å². The zero-order valence-corrected chi connectivity index (χ0v) is 21.4. The molecule has 0 unspecified atom stereocenters. The highest BCUT2D eigenvalue weighted by Crippen LogP contribution is 2.31. The molecule has 2 rings (SSSR count). The van der Waals surface area contributed by atoms with Crippen molar-refractivity contribution in [3.63, 3.8) is 0 Å². The van der Waals surface area contributed by atoms with Gasteiger partial charge in [-0.25, -0.2) is 9.59 Å². The fourth-order valence-corrected chi connectivity index (χ4v) is 6.31. The lowest BCUT2D eigenvalue weighted by atomic mass is 10.1. The van der Waals surface area contributed by atoms with Crippen LogP contribution in [-0.2, 0) is 24.6 Å². The molecule has 11 heteroatoms. The first-order valence-electron chi connectivity index (χ1n) is 10.5. The molecule has 1 aromatic heterocycles. The average molecular weight is 532 g/mol. The molecule has 1 heterocycles. The molecule has 178 valence electrons. The number of alkyl carbamates (subject to hydrolysis) is 1. The van der Waals surface area contributed by atoms with Crippen LogP contribution in [0.25, 0.3) is 11.0 Å². The predicted molar refractivity (Wildman–Crippen MR) is 125 cm³/mol. The second-order valence-corrected chi connectivity index (χ2v) is 10.2. The van der Waals surface area contributed by atoms with Crippen molar-refractivity contribution in [1.82, 2.24) is 5.32 Å². The van der Waals surface area contributed by atoms with Gasteiger partial charge in [-0.1, -0.05) is 0 Å². The Kier molecular flexibility index (Phi) is 10.7. The van der Waals surface area contributed by atoms with Gasteiger partial charge in [-0.15, -0.1) is 0 Å². The second kappa shape index (κ2) is 12.9. The Morgan fingerprint density at radius 2 is 1.75 bits per heavy atom. The van der Waals surface area contributed by atoms with Crippen LogP contribution in [0.15, 0.2) is 31.9 Å². The SMILES string of the molecule is CCO[Si](CCCNC(=O)OCc1cc(=O)oc2cc(OC)c(Br)cc12)(OCC)OCC. The molecule has 9 nitrogen and oxygen atoms in total. The maximum Gasteiger partial charge on any atom is 0.500 e. The summed E-state index contributed by atoms with van der Waals surface area (Å²) >= 11 is 3.41. The zero-order chi connectivity index (χ0) is 23.6. The van der Waals surface area contributed by atoms with Crippen molar-refractivity contribution >= 4 is 41.8 Å². The van der Waals surface area contributed by atoms with Crippen molar-refractivity contribution in [1.29, 1.82) is 0 Å². The van der Waals surface area contributed by atoms with Gasteiger partial charge in [-0.2, -0.15) is 0 Å². The van der Waals surface area contributed by atoms with E-state index >= 15 is 0 Å². The van der Waals surface area contributed by atoms with E-state index < -0.39 is 20.5 Å². The van der Waals surface area contributed by atoms with Crippen LogP contribution in [-0.4, -0.2) is 48.4 Å². The molecule has 1 N–H and O–H groups in total. The van der Waals surface area contributed by atoms with Gasteiger partial charge in [0.05, 0.1) is 11.6 Å². The van der Waals surface area contributed by atoms with E-state index in [2.05, 4.69) is 21.2 Å². The number of methoxy groups -OCH3 is 1. The van der Waals surface area contributed by atoms with Crippen molar-refractivity contribution < 1.29 is 32.0 Å². The fraction of sp³-hybridized carbons (Fsp3) is 0.524. The number of amides is 1. The minimum absolute atomic E-state index is 0.0811. The molecule has 0 radical (unpaired) electrons. The van der Waals surface area contributed by atoms with E-state index in [-0.39, 0.29) is 6.61 Å². The van der Waals surface area contributed by atoms with E-state index in [1.54, 1.807) is 12.1 Å². The molecule has 2 aromatic rings. The first-order chi connectivity index (χ1) is 15.4. The summed E-state index contributed by atoms with van der Waals surface area (Å²) in [6, 6.07) is 5.26. The summed E-state index contributed by atoms with van der Waals surface area (Å²) in [6.45, 7) is 7.51. The number of carbonyl (C=O) groups excluding carboxylic acids is 1. The standard InChI is InChI=1S/C21H30BrNO8Si/c1-5-28-32(29-6-2,30-7-3)10-8-9-23-21(25)27-14-15-11-20(24)31-18-13-19(26-4)17(22)12-16(15)18/h11-13H,5-10,14H2,1-4H3,(H,23,25). The minimum atomic E-state index is -2.74. The summed E-state index contributed by atoms with van der Waals surface area (Å²) in [5.41, 5.74) is 0.343. The lowest BCUT2D eigenvalue weighted by molar-refractivity contribution is 0.0706. The first kappa shape index (κ1) is 26.3. The van der Waals surface area contributed by atoms with Crippen molar-refractivity contribution in [3.8, 4) is 5.75 Å². The third kappa shape index (κ3) is 7.31. The predicted octanol–water partition coefficient (Wildman–Crippen LogP) is 4.23. The zero-order valence-electron chi connectivity index (χ0n) is 18.8. The Morgan fingerprint density at radius 3 is 2.34 bits per heavy atom. The summed E-state index contributed by atoms with van der Waals surface area (Å²) in [7, 11) is -1.22. The number of rotatable bonds is 13. The molecule has 0 aliphatic carbocycles. The molecule has 0 aliphatic rings. The van der Waals surface area contributed by atoms with Gasteiger partial charge >= 0.3 is 20.5 Å². The number of hydrogen-bond acceptors (Lipinski definition) is 8. The normalized spacial score (nSPS) is 11.5. The third-order valence-corrected chi connectivity index (χ3v) is 8.25. The van der Waals surface area contributed by atoms with E-state index in [4.69, 9.17) is 27.2 Å². The van der Waals surface area contributed by atoms with Crippen LogP contribution in [0, 0.1) is 0 Å². The third-order valence-electron chi connectivity index (χ3n) is 4.48. The second-order valence-electron chi connectivity index (χ2n) is 6.66. The Hall–Kier alpha value is -1.92. The molecule has 0 saturated carbocycles. The lowest BCUT2D eigenvalue weighted by Gasteiger charge is -2.28. The molecule has 0 bridgehead atoms. The van der Waals surface area contributed by atoms with Crippen LogP contribution in [0.4, 0.5) is 4.79 Å². The Labute approximate surface area is 196 Å². The van der Waals surface area contributed by atoms with Gasteiger partial charge in [0, 0.05) is 55.5 Å². The molecule has 32 heavy (non-hydrogen) atoms. The van der Waals surface area contributed by atoms with Crippen LogP contribution < -0.4 is 15.7 Å². The minimum Gasteiger partial charge on any atom is -0.495 e. The van der Waals surface area contributed by atoms with E-state index in [1.807, 2.05) is 20.8 Å². The van der Waals surface area contributed by atoms with Gasteiger partial charge in [0.1, 0.15) is 17.9 Å². The maximum absolute atomic E-state index is 12.2. The first-order valence-corrected chi connectivity index (χ1v) is 13.2. The molecule has 0 fully saturated rings. The summed E-state index contributed by atoms with van der Waals surface area (Å²) < 4.78 is 33.9. The summed E-state index contributed by atoms with van der Waals surface area (Å²) in [5, 5.41) is 3.35. The molecule has 1 aromatic carbocycles. The van der Waals surface area contributed by atoms with E-state index in [1.165, 1.54) is 13.2 Å². The van der Waals surface area contributed by atoms with Crippen LogP contribution in [0.5, 0.6) is 5.75 Å². The molecule has 0 aliphatic heterocycles. The lowest BCUT2D eigenvalue weighted by Crippen LogP contribution is -2.46. The Balaban J connectivity index is 1.94. The summed E-state index contributed by atoms with van der Waals surface area (Å²) in [4.78, 5) is 24.1. The molecule has 0 saturated heterocycles.